The largest absolute Gasteiger partial charge is 0.496 e. The van der Waals surface area contributed by atoms with Gasteiger partial charge in [0.05, 0.1) is 7.11 Å². The van der Waals surface area contributed by atoms with E-state index in [2.05, 4.69) is 45.1 Å². The molecule has 102 valence electrons. The molecule has 0 saturated carbocycles. The molecule has 1 N–H and O–H groups in total. The SMILES string of the molecule is CCC(CC)C(C)NCc1cc(C)ccc1OC. The van der Waals surface area contributed by atoms with Crippen molar-refractivity contribution in [3.05, 3.63) is 29.3 Å². The van der Waals surface area contributed by atoms with E-state index in [0.29, 0.717) is 6.04 Å². The quantitative estimate of drug-likeness (QED) is 0.791. The molecule has 1 unspecified atom stereocenters. The summed E-state index contributed by atoms with van der Waals surface area (Å²) in [6.45, 7) is 9.80. The molecular formula is C16H27NO. The predicted molar refractivity (Wildman–Crippen MR) is 78.1 cm³/mol. The van der Waals surface area contributed by atoms with Crippen molar-refractivity contribution in [3.63, 3.8) is 0 Å². The number of hydrogen-bond donors (Lipinski definition) is 1. The van der Waals surface area contributed by atoms with Gasteiger partial charge in [0.25, 0.3) is 0 Å². The molecule has 0 spiro atoms. The fourth-order valence-electron chi connectivity index (χ4n) is 2.48. The van der Waals surface area contributed by atoms with Gasteiger partial charge in [0.1, 0.15) is 5.75 Å². The summed E-state index contributed by atoms with van der Waals surface area (Å²) in [5, 5.41) is 3.62. The van der Waals surface area contributed by atoms with Crippen molar-refractivity contribution in [1.29, 1.82) is 0 Å². The minimum atomic E-state index is 0.546. The Kier molecular flexibility index (Phi) is 6.20. The fraction of sp³-hybridized carbons (Fsp3) is 0.625. The van der Waals surface area contributed by atoms with Crippen molar-refractivity contribution in [1.82, 2.24) is 5.32 Å². The number of rotatable bonds is 7. The number of nitrogens with one attached hydrogen (secondary N) is 1. The summed E-state index contributed by atoms with van der Waals surface area (Å²) in [5.74, 6) is 1.73. The normalized spacial score (nSPS) is 12.8. The molecule has 0 heterocycles. The number of methoxy groups -OCH3 is 1. The molecule has 0 aliphatic heterocycles. The molecule has 0 saturated heterocycles. The van der Waals surface area contributed by atoms with Crippen LogP contribution in [-0.4, -0.2) is 13.2 Å². The van der Waals surface area contributed by atoms with Crippen LogP contribution in [0.2, 0.25) is 0 Å². The topological polar surface area (TPSA) is 21.3 Å². The first kappa shape index (κ1) is 15.0. The van der Waals surface area contributed by atoms with Crippen LogP contribution in [-0.2, 0) is 6.54 Å². The van der Waals surface area contributed by atoms with Crippen molar-refractivity contribution >= 4 is 0 Å². The van der Waals surface area contributed by atoms with E-state index in [-0.39, 0.29) is 0 Å². The van der Waals surface area contributed by atoms with Crippen LogP contribution < -0.4 is 10.1 Å². The van der Waals surface area contributed by atoms with E-state index < -0.39 is 0 Å². The van der Waals surface area contributed by atoms with Gasteiger partial charge in [0.15, 0.2) is 0 Å². The Bertz CT molecular complexity index is 358. The van der Waals surface area contributed by atoms with Crippen molar-refractivity contribution < 1.29 is 4.74 Å². The Morgan fingerprint density at radius 1 is 1.22 bits per heavy atom. The van der Waals surface area contributed by atoms with Gasteiger partial charge < -0.3 is 10.1 Å². The molecule has 1 aromatic rings. The Labute approximate surface area is 112 Å². The molecule has 0 fully saturated rings. The number of aryl methyl sites for hydroxylation is 1. The van der Waals surface area contributed by atoms with E-state index >= 15 is 0 Å². The van der Waals surface area contributed by atoms with E-state index in [1.165, 1.54) is 24.0 Å². The highest BCUT2D eigenvalue weighted by Gasteiger charge is 2.13. The fourth-order valence-corrected chi connectivity index (χ4v) is 2.48. The lowest BCUT2D eigenvalue weighted by Crippen LogP contribution is -2.32. The summed E-state index contributed by atoms with van der Waals surface area (Å²) < 4.78 is 5.41. The highest BCUT2D eigenvalue weighted by molar-refractivity contribution is 5.36. The second kappa shape index (κ2) is 7.42. The maximum absolute atomic E-state index is 5.41. The minimum absolute atomic E-state index is 0.546. The molecule has 2 heteroatoms. The zero-order chi connectivity index (χ0) is 13.5. The molecule has 0 bridgehead atoms. The average Bonchev–Trinajstić information content (AvgIpc) is 2.38. The minimum Gasteiger partial charge on any atom is -0.496 e. The van der Waals surface area contributed by atoms with Crippen molar-refractivity contribution in [2.24, 2.45) is 5.92 Å². The number of ether oxygens (including phenoxy) is 1. The van der Waals surface area contributed by atoms with Crippen LogP contribution in [0, 0.1) is 12.8 Å². The first-order valence-electron chi connectivity index (χ1n) is 6.99. The van der Waals surface area contributed by atoms with Crippen LogP contribution in [0.25, 0.3) is 0 Å². The van der Waals surface area contributed by atoms with Gasteiger partial charge in [-0.1, -0.05) is 44.4 Å². The summed E-state index contributed by atoms with van der Waals surface area (Å²) in [6.07, 6.45) is 2.46. The second-order valence-electron chi connectivity index (χ2n) is 5.06. The van der Waals surface area contributed by atoms with Gasteiger partial charge in [-0.2, -0.15) is 0 Å². The third-order valence-corrected chi connectivity index (χ3v) is 3.81. The van der Waals surface area contributed by atoms with Gasteiger partial charge in [0.2, 0.25) is 0 Å². The summed E-state index contributed by atoms with van der Waals surface area (Å²) in [5.41, 5.74) is 2.53. The molecule has 0 amide bonds. The molecular weight excluding hydrogens is 222 g/mol. The maximum atomic E-state index is 5.41. The van der Waals surface area contributed by atoms with E-state index in [0.717, 1.165) is 18.2 Å². The Balaban J connectivity index is 2.65. The second-order valence-corrected chi connectivity index (χ2v) is 5.06. The zero-order valence-corrected chi connectivity index (χ0v) is 12.4. The monoisotopic (exact) mass is 249 g/mol. The highest BCUT2D eigenvalue weighted by Crippen LogP contribution is 2.20. The average molecular weight is 249 g/mol. The third-order valence-electron chi connectivity index (χ3n) is 3.81. The smallest absolute Gasteiger partial charge is 0.123 e. The molecule has 1 atom stereocenters. The summed E-state index contributed by atoms with van der Waals surface area (Å²) in [4.78, 5) is 0. The summed E-state index contributed by atoms with van der Waals surface area (Å²) >= 11 is 0. The van der Waals surface area contributed by atoms with E-state index in [1.54, 1.807) is 7.11 Å². The molecule has 0 radical (unpaired) electrons. The number of benzene rings is 1. The Morgan fingerprint density at radius 2 is 1.89 bits per heavy atom. The van der Waals surface area contributed by atoms with Crippen LogP contribution in [0.5, 0.6) is 5.75 Å². The van der Waals surface area contributed by atoms with Gasteiger partial charge in [-0.05, 0) is 25.8 Å². The third kappa shape index (κ3) is 4.02. The van der Waals surface area contributed by atoms with Crippen molar-refractivity contribution in [2.45, 2.75) is 53.1 Å². The first-order chi connectivity index (χ1) is 8.62. The summed E-state index contributed by atoms with van der Waals surface area (Å²) in [7, 11) is 1.73. The highest BCUT2D eigenvalue weighted by atomic mass is 16.5. The van der Waals surface area contributed by atoms with Crippen LogP contribution in [0.15, 0.2) is 18.2 Å². The molecule has 0 aromatic heterocycles. The van der Waals surface area contributed by atoms with Crippen LogP contribution in [0.1, 0.15) is 44.7 Å². The van der Waals surface area contributed by atoms with E-state index in [1.807, 2.05) is 6.07 Å². The van der Waals surface area contributed by atoms with Gasteiger partial charge in [0, 0.05) is 18.2 Å². The molecule has 0 aliphatic carbocycles. The van der Waals surface area contributed by atoms with Gasteiger partial charge in [-0.25, -0.2) is 0 Å². The Morgan fingerprint density at radius 3 is 2.44 bits per heavy atom. The lowest BCUT2D eigenvalue weighted by atomic mass is 9.95. The van der Waals surface area contributed by atoms with Crippen LogP contribution in [0.4, 0.5) is 0 Å². The van der Waals surface area contributed by atoms with E-state index in [4.69, 9.17) is 4.74 Å². The van der Waals surface area contributed by atoms with Crippen molar-refractivity contribution in [3.8, 4) is 5.75 Å². The Hall–Kier alpha value is -1.02. The lowest BCUT2D eigenvalue weighted by Gasteiger charge is -2.23. The molecule has 0 aliphatic rings. The standard InChI is InChI=1S/C16H27NO/c1-6-14(7-2)13(4)17-11-15-10-12(3)8-9-16(15)18-5/h8-10,13-14,17H,6-7,11H2,1-5H3. The van der Waals surface area contributed by atoms with Gasteiger partial charge in [-0.3, -0.25) is 0 Å². The maximum Gasteiger partial charge on any atom is 0.123 e. The zero-order valence-electron chi connectivity index (χ0n) is 12.4. The van der Waals surface area contributed by atoms with Gasteiger partial charge in [-0.15, -0.1) is 0 Å². The molecule has 1 rings (SSSR count). The van der Waals surface area contributed by atoms with Gasteiger partial charge >= 0.3 is 0 Å². The first-order valence-corrected chi connectivity index (χ1v) is 6.99. The number of hydrogen-bond acceptors (Lipinski definition) is 2. The van der Waals surface area contributed by atoms with Crippen LogP contribution in [0.3, 0.4) is 0 Å². The van der Waals surface area contributed by atoms with Crippen molar-refractivity contribution in [2.75, 3.05) is 7.11 Å². The lowest BCUT2D eigenvalue weighted by molar-refractivity contribution is 0.348. The molecule has 2 nitrogen and oxygen atoms in total. The summed E-state index contributed by atoms with van der Waals surface area (Å²) in [6, 6.07) is 6.89. The predicted octanol–water partition coefficient (Wildman–Crippen LogP) is 3.92. The molecule has 18 heavy (non-hydrogen) atoms. The molecule has 1 aromatic carbocycles. The van der Waals surface area contributed by atoms with Crippen LogP contribution >= 0.6 is 0 Å². The van der Waals surface area contributed by atoms with E-state index in [9.17, 15) is 0 Å².